The molecule has 0 bridgehead atoms. The molecule has 0 radical (unpaired) electrons. The highest BCUT2D eigenvalue weighted by atomic mass is 32.1. The number of nitrogens with one attached hydrogen (secondary N) is 1. The van der Waals surface area contributed by atoms with Gasteiger partial charge in [-0.2, -0.15) is 8.78 Å². The van der Waals surface area contributed by atoms with Gasteiger partial charge in [0.15, 0.2) is 11.5 Å². The molecule has 1 aliphatic rings. The standard InChI is InChI=1S/C21H23F2NO5S/c1-4-28-20(26)17-13-7-5-11(2)9-16(13)30-19(17)24-18(25)12-6-8-14(29-21(22)23)15(10-12)27-3/h6,8,10-11,21H,4-5,7,9H2,1-3H3,(H,24,25). The van der Waals surface area contributed by atoms with E-state index in [4.69, 9.17) is 9.47 Å². The largest absolute Gasteiger partial charge is 0.493 e. The van der Waals surface area contributed by atoms with Crippen LogP contribution in [-0.2, 0) is 17.6 Å². The van der Waals surface area contributed by atoms with Gasteiger partial charge in [-0.05, 0) is 55.9 Å². The molecule has 1 atom stereocenters. The normalized spacial score (nSPS) is 15.5. The minimum atomic E-state index is -3.01. The molecular weight excluding hydrogens is 416 g/mol. The molecule has 1 amide bonds. The summed E-state index contributed by atoms with van der Waals surface area (Å²) < 4.78 is 39.7. The third kappa shape index (κ3) is 4.72. The highest BCUT2D eigenvalue weighted by molar-refractivity contribution is 7.17. The third-order valence-corrected chi connectivity index (χ3v) is 6.03. The molecule has 1 aliphatic carbocycles. The van der Waals surface area contributed by atoms with Gasteiger partial charge in [-0.3, -0.25) is 4.79 Å². The Bertz CT molecular complexity index is 944. The number of alkyl halides is 2. The van der Waals surface area contributed by atoms with Gasteiger partial charge in [-0.15, -0.1) is 11.3 Å². The summed E-state index contributed by atoms with van der Waals surface area (Å²) in [6, 6.07) is 3.91. The number of hydrogen-bond acceptors (Lipinski definition) is 6. The van der Waals surface area contributed by atoms with Crippen LogP contribution < -0.4 is 14.8 Å². The zero-order valence-electron chi connectivity index (χ0n) is 16.9. The molecule has 2 aromatic rings. The summed E-state index contributed by atoms with van der Waals surface area (Å²) in [5, 5.41) is 3.22. The fourth-order valence-corrected chi connectivity index (χ4v) is 4.83. The van der Waals surface area contributed by atoms with E-state index in [0.29, 0.717) is 16.5 Å². The molecule has 1 unspecified atom stereocenters. The van der Waals surface area contributed by atoms with E-state index in [1.807, 2.05) is 0 Å². The molecule has 30 heavy (non-hydrogen) atoms. The summed E-state index contributed by atoms with van der Waals surface area (Å²) in [6.07, 6.45) is 2.56. The predicted octanol–water partition coefficient (Wildman–Crippen LogP) is 4.91. The van der Waals surface area contributed by atoms with Crippen molar-refractivity contribution in [2.75, 3.05) is 19.0 Å². The molecule has 3 rings (SSSR count). The lowest BCUT2D eigenvalue weighted by Crippen LogP contribution is -2.17. The van der Waals surface area contributed by atoms with Crippen molar-refractivity contribution in [2.24, 2.45) is 5.92 Å². The Labute approximate surface area is 177 Å². The number of anilines is 1. The van der Waals surface area contributed by atoms with Crippen LogP contribution in [0.3, 0.4) is 0 Å². The second kappa shape index (κ2) is 9.42. The number of methoxy groups -OCH3 is 1. The van der Waals surface area contributed by atoms with Gasteiger partial charge in [-0.25, -0.2) is 4.79 Å². The summed E-state index contributed by atoms with van der Waals surface area (Å²) in [5.74, 6) is -0.613. The van der Waals surface area contributed by atoms with E-state index in [1.165, 1.54) is 36.6 Å². The van der Waals surface area contributed by atoms with Crippen molar-refractivity contribution >= 4 is 28.2 Å². The molecular formula is C21H23F2NO5S. The van der Waals surface area contributed by atoms with Crippen molar-refractivity contribution in [1.29, 1.82) is 0 Å². The molecule has 1 aromatic carbocycles. The minimum absolute atomic E-state index is 0.00728. The molecule has 0 saturated carbocycles. The number of esters is 1. The van der Waals surface area contributed by atoms with E-state index >= 15 is 0 Å². The van der Waals surface area contributed by atoms with Crippen molar-refractivity contribution < 1.29 is 32.6 Å². The number of ether oxygens (including phenoxy) is 3. The van der Waals surface area contributed by atoms with E-state index in [9.17, 15) is 18.4 Å². The summed E-state index contributed by atoms with van der Waals surface area (Å²) in [5.41, 5.74) is 1.52. The van der Waals surface area contributed by atoms with Crippen LogP contribution in [0.25, 0.3) is 0 Å². The lowest BCUT2D eigenvalue weighted by Gasteiger charge is -2.18. The van der Waals surface area contributed by atoms with Gasteiger partial charge in [0.25, 0.3) is 5.91 Å². The number of thiophene rings is 1. The first kappa shape index (κ1) is 22.0. The Kier molecular flexibility index (Phi) is 6.91. The monoisotopic (exact) mass is 439 g/mol. The lowest BCUT2D eigenvalue weighted by atomic mass is 9.88. The molecule has 0 fully saturated rings. The topological polar surface area (TPSA) is 73.9 Å². The van der Waals surface area contributed by atoms with Crippen LogP contribution in [0.4, 0.5) is 13.8 Å². The molecule has 0 saturated heterocycles. The van der Waals surface area contributed by atoms with Crippen LogP contribution in [0.2, 0.25) is 0 Å². The van der Waals surface area contributed by atoms with E-state index in [-0.39, 0.29) is 23.7 Å². The Morgan fingerprint density at radius 3 is 2.73 bits per heavy atom. The summed E-state index contributed by atoms with van der Waals surface area (Å²) >= 11 is 1.38. The maximum atomic E-state index is 12.8. The molecule has 1 heterocycles. The number of fused-ring (bicyclic) bond motifs is 1. The Balaban J connectivity index is 1.90. The van der Waals surface area contributed by atoms with Gasteiger partial charge in [0.2, 0.25) is 0 Å². The number of hydrogen-bond donors (Lipinski definition) is 1. The molecule has 0 spiro atoms. The van der Waals surface area contributed by atoms with Gasteiger partial charge in [-0.1, -0.05) is 6.92 Å². The van der Waals surface area contributed by atoms with Crippen LogP contribution >= 0.6 is 11.3 Å². The fourth-order valence-electron chi connectivity index (χ4n) is 3.44. The quantitative estimate of drug-likeness (QED) is 0.621. The van der Waals surface area contributed by atoms with Crippen LogP contribution in [0, 0.1) is 5.92 Å². The molecule has 1 aromatic heterocycles. The van der Waals surface area contributed by atoms with E-state index < -0.39 is 18.5 Å². The molecule has 6 nitrogen and oxygen atoms in total. The maximum Gasteiger partial charge on any atom is 0.387 e. The van der Waals surface area contributed by atoms with Gasteiger partial charge in [0.1, 0.15) is 5.00 Å². The van der Waals surface area contributed by atoms with Crippen molar-refractivity contribution in [2.45, 2.75) is 39.7 Å². The molecule has 9 heteroatoms. The number of halogens is 2. The second-order valence-corrected chi connectivity index (χ2v) is 8.08. The van der Waals surface area contributed by atoms with Gasteiger partial charge < -0.3 is 19.5 Å². The zero-order valence-corrected chi connectivity index (χ0v) is 17.7. The number of rotatable bonds is 7. The van der Waals surface area contributed by atoms with Crippen LogP contribution in [0.5, 0.6) is 11.5 Å². The molecule has 1 N–H and O–H groups in total. The number of amides is 1. The lowest BCUT2D eigenvalue weighted by molar-refractivity contribution is -0.0512. The van der Waals surface area contributed by atoms with Crippen molar-refractivity contribution in [3.63, 3.8) is 0 Å². The fraction of sp³-hybridized carbons (Fsp3) is 0.429. The highest BCUT2D eigenvalue weighted by Gasteiger charge is 2.29. The second-order valence-electron chi connectivity index (χ2n) is 6.97. The zero-order chi connectivity index (χ0) is 21.8. The smallest absolute Gasteiger partial charge is 0.387 e. The van der Waals surface area contributed by atoms with Crippen molar-refractivity contribution in [1.82, 2.24) is 0 Å². The predicted molar refractivity (Wildman–Crippen MR) is 109 cm³/mol. The van der Waals surface area contributed by atoms with Crippen LogP contribution in [0.15, 0.2) is 18.2 Å². The third-order valence-electron chi connectivity index (χ3n) is 4.86. The Morgan fingerprint density at radius 2 is 2.07 bits per heavy atom. The SMILES string of the molecule is CCOC(=O)c1c(NC(=O)c2ccc(OC(F)F)c(OC)c2)sc2c1CCC(C)C2. The molecule has 162 valence electrons. The summed E-state index contributed by atoms with van der Waals surface area (Å²) in [6.45, 7) is 1.10. The van der Waals surface area contributed by atoms with Gasteiger partial charge in [0, 0.05) is 10.4 Å². The van der Waals surface area contributed by atoms with E-state index in [1.54, 1.807) is 6.92 Å². The molecule has 0 aliphatic heterocycles. The Morgan fingerprint density at radius 1 is 1.30 bits per heavy atom. The maximum absolute atomic E-state index is 12.8. The first-order valence-corrected chi connectivity index (χ1v) is 10.4. The van der Waals surface area contributed by atoms with E-state index in [2.05, 4.69) is 17.0 Å². The van der Waals surface area contributed by atoms with Crippen LogP contribution in [0.1, 0.15) is 51.4 Å². The minimum Gasteiger partial charge on any atom is -0.493 e. The van der Waals surface area contributed by atoms with Crippen molar-refractivity contribution in [3.8, 4) is 11.5 Å². The van der Waals surface area contributed by atoms with Gasteiger partial charge in [0.05, 0.1) is 19.3 Å². The highest BCUT2D eigenvalue weighted by Crippen LogP contribution is 2.40. The average molecular weight is 439 g/mol. The Hall–Kier alpha value is -2.68. The van der Waals surface area contributed by atoms with Crippen molar-refractivity contribution in [3.05, 3.63) is 39.8 Å². The number of carbonyl (C=O) groups excluding carboxylic acids is 2. The van der Waals surface area contributed by atoms with Crippen LogP contribution in [-0.4, -0.2) is 32.2 Å². The number of carbonyl (C=O) groups is 2. The first-order chi connectivity index (χ1) is 14.3. The first-order valence-electron chi connectivity index (χ1n) is 9.59. The average Bonchev–Trinajstić information content (AvgIpc) is 3.04. The number of benzene rings is 1. The summed E-state index contributed by atoms with van der Waals surface area (Å²) in [4.78, 5) is 26.5. The van der Waals surface area contributed by atoms with Gasteiger partial charge >= 0.3 is 12.6 Å². The van der Waals surface area contributed by atoms with E-state index in [0.717, 1.165) is 29.7 Å². The summed E-state index contributed by atoms with van der Waals surface area (Å²) in [7, 11) is 1.29.